The Bertz CT molecular complexity index is 161. The van der Waals surface area contributed by atoms with Gasteiger partial charge in [0.15, 0.2) is 0 Å². The van der Waals surface area contributed by atoms with Crippen molar-refractivity contribution in [3.8, 4) is 0 Å². The van der Waals surface area contributed by atoms with E-state index in [1.54, 1.807) is 0 Å². The van der Waals surface area contributed by atoms with Gasteiger partial charge < -0.3 is 5.73 Å². The van der Waals surface area contributed by atoms with Crippen LogP contribution in [0.15, 0.2) is 0 Å². The van der Waals surface area contributed by atoms with E-state index in [-0.39, 0.29) is 0 Å². The van der Waals surface area contributed by atoms with E-state index in [4.69, 9.17) is 0 Å². The third-order valence-electron chi connectivity index (χ3n) is 1.83. The van der Waals surface area contributed by atoms with Crippen LogP contribution in [0.25, 0.3) is 0 Å². The van der Waals surface area contributed by atoms with Crippen LogP contribution in [0.2, 0.25) is 0 Å². The number of halogens is 6. The van der Waals surface area contributed by atoms with Gasteiger partial charge in [-0.05, 0) is 0 Å². The Morgan fingerprint density at radius 2 is 1.00 bits per heavy atom. The van der Waals surface area contributed by atoms with Crippen LogP contribution in [-0.4, -0.2) is 18.4 Å². The zero-order valence-corrected chi connectivity index (χ0v) is 5.58. The molecule has 7 heteroatoms. The number of nitrogens with two attached hydrogens (primary N) is 1. The van der Waals surface area contributed by atoms with Gasteiger partial charge in [-0.1, -0.05) is 0 Å². The summed E-state index contributed by atoms with van der Waals surface area (Å²) in [5.41, 5.74) is 4.64. The minimum atomic E-state index is -4.83. The highest BCUT2D eigenvalue weighted by molar-refractivity contribution is 5.08. The van der Waals surface area contributed by atoms with E-state index < -0.39 is 30.2 Å². The van der Waals surface area contributed by atoms with Gasteiger partial charge in [0.25, 0.3) is 0 Å². The van der Waals surface area contributed by atoms with Gasteiger partial charge in [0.2, 0.25) is 0 Å². The predicted molar refractivity (Wildman–Crippen MR) is 27.1 cm³/mol. The third kappa shape index (κ3) is 1.50. The van der Waals surface area contributed by atoms with Crippen LogP contribution in [0.1, 0.15) is 0 Å². The lowest BCUT2D eigenvalue weighted by Crippen LogP contribution is -2.19. The Morgan fingerprint density at radius 1 is 0.750 bits per heavy atom. The second kappa shape index (κ2) is 2.27. The zero-order chi connectivity index (χ0) is 9.73. The van der Waals surface area contributed by atoms with Crippen LogP contribution < -0.4 is 5.73 Å². The van der Waals surface area contributed by atoms with Crippen LogP contribution in [0.5, 0.6) is 0 Å². The van der Waals surface area contributed by atoms with Gasteiger partial charge in [0.05, 0.1) is 11.8 Å². The minimum absolute atomic E-state index is 1.81. The first-order valence-corrected chi connectivity index (χ1v) is 3.04. The first-order valence-electron chi connectivity index (χ1n) is 3.04. The molecular weight excluding hydrogens is 188 g/mol. The molecule has 1 rings (SSSR count). The molecule has 0 saturated heterocycles. The summed E-state index contributed by atoms with van der Waals surface area (Å²) in [5.74, 6) is -4.81. The van der Waals surface area contributed by atoms with Gasteiger partial charge in [0, 0.05) is 6.04 Å². The summed E-state index contributed by atoms with van der Waals surface area (Å²) >= 11 is 0. The van der Waals surface area contributed by atoms with Gasteiger partial charge in [-0.2, -0.15) is 26.3 Å². The van der Waals surface area contributed by atoms with E-state index in [1.807, 2.05) is 0 Å². The fourth-order valence-corrected chi connectivity index (χ4v) is 1.18. The molecule has 1 nitrogen and oxygen atoms in total. The summed E-state index contributed by atoms with van der Waals surface area (Å²) < 4.78 is 70.1. The fraction of sp³-hybridized carbons (Fsp3) is 1.00. The first-order chi connectivity index (χ1) is 5.15. The molecule has 0 bridgehead atoms. The lowest BCUT2D eigenvalue weighted by Gasteiger charge is -2.06. The number of hydrogen-bond donors (Lipinski definition) is 1. The molecule has 0 amide bonds. The summed E-state index contributed by atoms with van der Waals surface area (Å²) in [7, 11) is 0. The smallest absolute Gasteiger partial charge is 0.327 e. The van der Waals surface area contributed by atoms with E-state index in [9.17, 15) is 26.3 Å². The molecule has 0 aliphatic heterocycles. The molecule has 1 aliphatic rings. The Labute approximate surface area is 63.5 Å². The summed E-state index contributed by atoms with van der Waals surface area (Å²) in [6.07, 6.45) is -9.67. The molecule has 1 saturated carbocycles. The van der Waals surface area contributed by atoms with Crippen molar-refractivity contribution in [3.05, 3.63) is 0 Å². The van der Waals surface area contributed by atoms with Crippen LogP contribution in [-0.2, 0) is 0 Å². The van der Waals surface area contributed by atoms with Gasteiger partial charge in [-0.3, -0.25) is 0 Å². The maximum absolute atomic E-state index is 11.7. The van der Waals surface area contributed by atoms with Crippen molar-refractivity contribution < 1.29 is 26.3 Å². The summed E-state index contributed by atoms with van der Waals surface area (Å²) in [4.78, 5) is 0. The topological polar surface area (TPSA) is 26.0 Å². The molecular formula is C5H5F6N. The van der Waals surface area contributed by atoms with Gasteiger partial charge in [-0.25, -0.2) is 0 Å². The molecule has 2 atom stereocenters. The third-order valence-corrected chi connectivity index (χ3v) is 1.83. The van der Waals surface area contributed by atoms with Crippen molar-refractivity contribution in [2.45, 2.75) is 18.4 Å². The summed E-state index contributed by atoms with van der Waals surface area (Å²) in [5, 5.41) is 0. The maximum atomic E-state index is 11.7. The molecule has 12 heavy (non-hydrogen) atoms. The van der Waals surface area contributed by atoms with Crippen molar-refractivity contribution >= 4 is 0 Å². The number of hydrogen-bond acceptors (Lipinski definition) is 1. The van der Waals surface area contributed by atoms with E-state index in [0.717, 1.165) is 0 Å². The Kier molecular flexibility index (Phi) is 1.82. The molecule has 1 aliphatic carbocycles. The number of rotatable bonds is 0. The fourth-order valence-electron chi connectivity index (χ4n) is 1.18. The molecule has 0 radical (unpaired) electrons. The lowest BCUT2D eigenvalue weighted by molar-refractivity contribution is -0.191. The van der Waals surface area contributed by atoms with Crippen molar-refractivity contribution in [1.82, 2.24) is 0 Å². The molecule has 0 heterocycles. The van der Waals surface area contributed by atoms with Crippen molar-refractivity contribution in [1.29, 1.82) is 0 Å². The van der Waals surface area contributed by atoms with E-state index in [1.165, 1.54) is 0 Å². The normalized spacial score (nSPS) is 36.8. The lowest BCUT2D eigenvalue weighted by atomic mass is 10.3. The molecule has 1 fully saturated rings. The Hall–Kier alpha value is -0.460. The minimum Gasteiger partial charge on any atom is -0.327 e. The zero-order valence-electron chi connectivity index (χ0n) is 5.58. The van der Waals surface area contributed by atoms with Crippen molar-refractivity contribution in [3.63, 3.8) is 0 Å². The van der Waals surface area contributed by atoms with Crippen molar-refractivity contribution in [2.24, 2.45) is 17.6 Å². The van der Waals surface area contributed by atoms with Crippen LogP contribution >= 0.6 is 0 Å². The second-order valence-electron chi connectivity index (χ2n) is 2.71. The Morgan fingerprint density at radius 3 is 1.08 bits per heavy atom. The second-order valence-corrected chi connectivity index (χ2v) is 2.71. The van der Waals surface area contributed by atoms with E-state index in [2.05, 4.69) is 5.73 Å². The van der Waals surface area contributed by atoms with Crippen LogP contribution in [0, 0.1) is 11.8 Å². The molecule has 0 aromatic heterocycles. The highest BCUT2D eigenvalue weighted by atomic mass is 19.4. The maximum Gasteiger partial charge on any atom is 0.393 e. The standard InChI is InChI=1S/C5H5F6N/c6-4(7,8)1-2(3(1)12)5(9,10)11/h1-3H,12H2/t1-,2-/m0/s1. The molecule has 0 spiro atoms. The SMILES string of the molecule is NC1[C@@H](C(F)(F)F)[C@@H]1C(F)(F)F. The van der Waals surface area contributed by atoms with Crippen LogP contribution in [0.3, 0.4) is 0 Å². The Balaban J connectivity index is 2.67. The quantitative estimate of drug-likeness (QED) is 0.582. The van der Waals surface area contributed by atoms with Crippen LogP contribution in [0.4, 0.5) is 26.3 Å². The first kappa shape index (κ1) is 9.63. The average Bonchev–Trinajstić information content (AvgIpc) is 2.35. The molecule has 2 N–H and O–H groups in total. The van der Waals surface area contributed by atoms with Gasteiger partial charge in [0.1, 0.15) is 0 Å². The highest BCUT2D eigenvalue weighted by Gasteiger charge is 2.72. The number of alkyl halides is 6. The molecule has 0 aromatic rings. The monoisotopic (exact) mass is 193 g/mol. The summed E-state index contributed by atoms with van der Waals surface area (Å²) in [6.45, 7) is 0. The van der Waals surface area contributed by atoms with Crippen molar-refractivity contribution in [2.75, 3.05) is 0 Å². The van der Waals surface area contributed by atoms with Gasteiger partial charge >= 0.3 is 12.4 Å². The van der Waals surface area contributed by atoms with E-state index >= 15 is 0 Å². The van der Waals surface area contributed by atoms with E-state index in [0.29, 0.717) is 0 Å². The largest absolute Gasteiger partial charge is 0.393 e. The highest BCUT2D eigenvalue weighted by Crippen LogP contribution is 2.56. The molecule has 72 valence electrons. The predicted octanol–water partition coefficient (Wildman–Crippen LogP) is 1.68. The van der Waals surface area contributed by atoms with Gasteiger partial charge in [-0.15, -0.1) is 0 Å². The molecule has 0 aromatic carbocycles. The summed E-state index contributed by atoms with van der Waals surface area (Å²) in [6, 6.07) is -1.81. The molecule has 0 unspecified atom stereocenters. The average molecular weight is 193 g/mol.